The smallest absolute Gasteiger partial charge is 0.143 e. The Bertz CT molecular complexity index is 3580. The van der Waals surface area contributed by atoms with Crippen LogP contribution in [0.5, 0.6) is 0 Å². The van der Waals surface area contributed by atoms with E-state index in [9.17, 15) is 0 Å². The van der Waals surface area contributed by atoms with Crippen LogP contribution >= 0.6 is 0 Å². The van der Waals surface area contributed by atoms with Crippen molar-refractivity contribution in [2.75, 3.05) is 4.90 Å². The Morgan fingerprint density at radius 2 is 0.918 bits per heavy atom. The summed E-state index contributed by atoms with van der Waals surface area (Å²) in [4.78, 5) is 2.37. The summed E-state index contributed by atoms with van der Waals surface area (Å²) in [5.41, 5.74) is 16.1. The molecule has 0 saturated heterocycles. The summed E-state index contributed by atoms with van der Waals surface area (Å²) in [7, 11) is 0. The molecule has 2 heterocycles. The number of hydrogen-bond donors (Lipinski definition) is 0. The highest BCUT2D eigenvalue weighted by molar-refractivity contribution is 6.19. The van der Waals surface area contributed by atoms with Gasteiger partial charge in [0.05, 0.1) is 11.1 Å². The van der Waals surface area contributed by atoms with Crippen molar-refractivity contribution in [2.45, 2.75) is 0 Å². The number of nitrogens with zero attached hydrogens (tertiary/aromatic N) is 1. The van der Waals surface area contributed by atoms with Gasteiger partial charge in [-0.15, -0.1) is 0 Å². The Morgan fingerprint density at radius 3 is 1.75 bits per heavy atom. The molecular formula is C58H37NO2. The third kappa shape index (κ3) is 5.98. The summed E-state index contributed by atoms with van der Waals surface area (Å²) in [5, 5.41) is 6.66. The molecule has 2 aromatic heterocycles. The van der Waals surface area contributed by atoms with Gasteiger partial charge in [-0.25, -0.2) is 0 Å². The van der Waals surface area contributed by atoms with Crippen molar-refractivity contribution >= 4 is 71.7 Å². The Kier molecular flexibility index (Phi) is 8.17. The van der Waals surface area contributed by atoms with E-state index in [2.05, 4.69) is 217 Å². The highest BCUT2D eigenvalue weighted by atomic mass is 16.3. The van der Waals surface area contributed by atoms with E-state index in [0.717, 1.165) is 94.0 Å². The lowest BCUT2D eigenvalue weighted by atomic mass is 9.91. The number of furan rings is 2. The maximum absolute atomic E-state index is 6.72. The van der Waals surface area contributed by atoms with Crippen LogP contribution in [-0.2, 0) is 0 Å². The lowest BCUT2D eigenvalue weighted by molar-refractivity contribution is 0.669. The van der Waals surface area contributed by atoms with E-state index in [1.54, 1.807) is 0 Å². The van der Waals surface area contributed by atoms with Gasteiger partial charge in [0.1, 0.15) is 22.3 Å². The minimum Gasteiger partial charge on any atom is -0.456 e. The molecule has 0 bridgehead atoms. The number of anilines is 3. The number of para-hydroxylation sites is 1. The average Bonchev–Trinajstić information content (AvgIpc) is 3.91. The number of hydrogen-bond acceptors (Lipinski definition) is 3. The SMILES string of the molecule is c1ccc(-c2ccc(-c3ccc(N(c4cccc(-c5ccc6oc7ccccc7c6c5)c4)c4cccc5oc6c7ccccc7ccc6c45)cc3)cc2-c2ccccc2)cc1. The first-order chi connectivity index (χ1) is 30.2. The molecular weight excluding hydrogens is 743 g/mol. The van der Waals surface area contributed by atoms with E-state index in [1.807, 2.05) is 12.1 Å². The first-order valence-electron chi connectivity index (χ1n) is 20.7. The van der Waals surface area contributed by atoms with Crippen LogP contribution in [-0.4, -0.2) is 0 Å². The molecule has 61 heavy (non-hydrogen) atoms. The fraction of sp³-hybridized carbons (Fsp3) is 0. The molecule has 0 radical (unpaired) electrons. The molecule has 0 atom stereocenters. The topological polar surface area (TPSA) is 29.5 Å². The van der Waals surface area contributed by atoms with Crippen LogP contribution in [0.1, 0.15) is 0 Å². The Labute approximate surface area is 353 Å². The van der Waals surface area contributed by atoms with Crippen molar-refractivity contribution < 1.29 is 8.83 Å². The molecule has 0 fully saturated rings. The molecule has 0 unspecified atom stereocenters. The van der Waals surface area contributed by atoms with E-state index in [1.165, 1.54) is 22.3 Å². The van der Waals surface area contributed by atoms with Crippen molar-refractivity contribution in [1.29, 1.82) is 0 Å². The molecule has 0 spiro atoms. The Balaban J connectivity index is 1.02. The molecule has 0 aliphatic rings. The molecule has 0 amide bonds. The number of fused-ring (bicyclic) bond motifs is 8. The van der Waals surface area contributed by atoms with Gasteiger partial charge in [-0.3, -0.25) is 0 Å². The Hall–Kier alpha value is -8.14. The van der Waals surface area contributed by atoms with Gasteiger partial charge in [-0.2, -0.15) is 0 Å². The van der Waals surface area contributed by atoms with Crippen molar-refractivity contribution in [2.24, 2.45) is 0 Å². The van der Waals surface area contributed by atoms with E-state index in [-0.39, 0.29) is 0 Å². The van der Waals surface area contributed by atoms with E-state index < -0.39 is 0 Å². The van der Waals surface area contributed by atoms with Crippen LogP contribution in [0.4, 0.5) is 17.1 Å². The molecule has 12 rings (SSSR count). The van der Waals surface area contributed by atoms with Gasteiger partial charge in [-0.05, 0) is 117 Å². The van der Waals surface area contributed by atoms with Gasteiger partial charge in [-0.1, -0.05) is 158 Å². The van der Waals surface area contributed by atoms with E-state index in [0.29, 0.717) is 0 Å². The molecule has 10 aromatic carbocycles. The zero-order valence-corrected chi connectivity index (χ0v) is 33.1. The second-order valence-electron chi connectivity index (χ2n) is 15.6. The minimum absolute atomic E-state index is 0.853. The van der Waals surface area contributed by atoms with Crippen LogP contribution in [0, 0.1) is 0 Å². The summed E-state index contributed by atoms with van der Waals surface area (Å²) in [5.74, 6) is 0. The van der Waals surface area contributed by atoms with Gasteiger partial charge in [0.2, 0.25) is 0 Å². The molecule has 3 heteroatoms. The largest absolute Gasteiger partial charge is 0.456 e. The molecule has 12 aromatic rings. The fourth-order valence-corrected chi connectivity index (χ4v) is 9.13. The van der Waals surface area contributed by atoms with Gasteiger partial charge in [0, 0.05) is 32.9 Å². The standard InChI is InChI=1S/C58H37NO2/c1-3-13-39(14-4-1)47-32-28-43(36-51(47)40-15-5-2-6-16-40)38-25-30-45(31-26-38)59(53-22-12-24-56-57(53)50-33-27-41-17-7-8-20-48(41)58(50)61-56)46-19-11-18-42(35-46)44-29-34-55-52(37-44)49-21-9-10-23-54(49)60-55/h1-37H. The second kappa shape index (κ2) is 14.3. The summed E-state index contributed by atoms with van der Waals surface area (Å²) in [6.45, 7) is 0. The molecule has 286 valence electrons. The normalized spacial score (nSPS) is 11.6. The quantitative estimate of drug-likeness (QED) is 0.161. The van der Waals surface area contributed by atoms with Gasteiger partial charge < -0.3 is 13.7 Å². The van der Waals surface area contributed by atoms with Crippen molar-refractivity contribution in [1.82, 2.24) is 0 Å². The van der Waals surface area contributed by atoms with Crippen molar-refractivity contribution in [3.8, 4) is 44.5 Å². The van der Waals surface area contributed by atoms with Crippen LogP contribution in [0.25, 0.3) is 99.2 Å². The molecule has 0 aliphatic heterocycles. The number of rotatable bonds is 7. The second-order valence-corrected chi connectivity index (χ2v) is 15.6. The Morgan fingerprint density at radius 1 is 0.295 bits per heavy atom. The lowest BCUT2D eigenvalue weighted by Gasteiger charge is -2.27. The highest BCUT2D eigenvalue weighted by Gasteiger charge is 2.21. The maximum atomic E-state index is 6.72. The molecule has 3 nitrogen and oxygen atoms in total. The fourth-order valence-electron chi connectivity index (χ4n) is 9.13. The zero-order valence-electron chi connectivity index (χ0n) is 33.1. The van der Waals surface area contributed by atoms with Crippen molar-refractivity contribution in [3.63, 3.8) is 0 Å². The summed E-state index contributed by atoms with van der Waals surface area (Å²) < 4.78 is 12.9. The van der Waals surface area contributed by atoms with E-state index in [4.69, 9.17) is 8.83 Å². The van der Waals surface area contributed by atoms with Crippen LogP contribution < -0.4 is 4.90 Å². The number of benzene rings is 10. The van der Waals surface area contributed by atoms with Crippen LogP contribution in [0.15, 0.2) is 233 Å². The highest BCUT2D eigenvalue weighted by Crippen LogP contribution is 2.46. The summed E-state index contributed by atoms with van der Waals surface area (Å²) in [6.07, 6.45) is 0. The first-order valence-corrected chi connectivity index (χ1v) is 20.7. The van der Waals surface area contributed by atoms with Gasteiger partial charge in [0.25, 0.3) is 0 Å². The lowest BCUT2D eigenvalue weighted by Crippen LogP contribution is -2.10. The summed E-state index contributed by atoms with van der Waals surface area (Å²) in [6, 6.07) is 80.0. The minimum atomic E-state index is 0.853. The van der Waals surface area contributed by atoms with Gasteiger partial charge >= 0.3 is 0 Å². The van der Waals surface area contributed by atoms with Gasteiger partial charge in [0.15, 0.2) is 0 Å². The third-order valence-corrected chi connectivity index (χ3v) is 12.1. The predicted molar refractivity (Wildman–Crippen MR) is 255 cm³/mol. The average molecular weight is 780 g/mol. The first kappa shape index (κ1) is 34.9. The van der Waals surface area contributed by atoms with Crippen LogP contribution in [0.2, 0.25) is 0 Å². The molecule has 0 N–H and O–H groups in total. The van der Waals surface area contributed by atoms with Crippen LogP contribution in [0.3, 0.4) is 0 Å². The maximum Gasteiger partial charge on any atom is 0.143 e. The van der Waals surface area contributed by atoms with Crippen molar-refractivity contribution in [3.05, 3.63) is 224 Å². The third-order valence-electron chi connectivity index (χ3n) is 12.1. The zero-order chi connectivity index (χ0) is 40.3. The monoisotopic (exact) mass is 779 g/mol. The molecule has 0 saturated carbocycles. The summed E-state index contributed by atoms with van der Waals surface area (Å²) >= 11 is 0. The predicted octanol–water partition coefficient (Wildman–Crippen LogP) is 16.8. The van der Waals surface area contributed by atoms with E-state index >= 15 is 0 Å². The molecule has 0 aliphatic carbocycles.